The van der Waals surface area contributed by atoms with Crippen LogP contribution in [0.5, 0.6) is 0 Å². The Hall–Kier alpha value is -1.17. The molecule has 5 heteroatoms. The van der Waals surface area contributed by atoms with Crippen LogP contribution in [-0.2, 0) is 4.74 Å². The highest BCUT2D eigenvalue weighted by molar-refractivity contribution is 9.10. The summed E-state index contributed by atoms with van der Waals surface area (Å²) in [4.78, 5) is 14.6. The van der Waals surface area contributed by atoms with Gasteiger partial charge in [0.1, 0.15) is 0 Å². The van der Waals surface area contributed by atoms with E-state index in [0.717, 1.165) is 68.3 Å². The lowest BCUT2D eigenvalue weighted by atomic mass is 9.91. The van der Waals surface area contributed by atoms with Gasteiger partial charge in [0, 0.05) is 29.7 Å². The van der Waals surface area contributed by atoms with Crippen molar-refractivity contribution < 1.29 is 9.53 Å². The van der Waals surface area contributed by atoms with E-state index < -0.39 is 0 Å². The van der Waals surface area contributed by atoms with E-state index in [2.05, 4.69) is 27.8 Å². The van der Waals surface area contributed by atoms with Crippen molar-refractivity contribution in [2.45, 2.75) is 69.9 Å². The minimum Gasteiger partial charge on any atom is -0.378 e. The molecule has 0 spiro atoms. The van der Waals surface area contributed by atoms with Gasteiger partial charge in [-0.25, -0.2) is 0 Å². The molecule has 1 aromatic carbocycles. The molecule has 0 heterocycles. The zero-order valence-corrected chi connectivity index (χ0v) is 19.5. The van der Waals surface area contributed by atoms with E-state index in [1.165, 1.54) is 19.3 Å². The van der Waals surface area contributed by atoms with Crippen LogP contribution in [0.3, 0.4) is 0 Å². The summed E-state index contributed by atoms with van der Waals surface area (Å²) < 4.78 is 7.09. The maximum absolute atomic E-state index is 12.7. The number of nitrogens with zero attached hydrogens (tertiary/aromatic N) is 1. The summed E-state index contributed by atoms with van der Waals surface area (Å²) in [7, 11) is 1.93. The van der Waals surface area contributed by atoms with Crippen LogP contribution in [0.4, 0.5) is 0 Å². The van der Waals surface area contributed by atoms with Crippen LogP contribution in [0.1, 0.15) is 68.1 Å². The maximum atomic E-state index is 12.7. The van der Waals surface area contributed by atoms with Gasteiger partial charge < -0.3 is 15.0 Å². The lowest BCUT2D eigenvalue weighted by Crippen LogP contribution is -2.40. The zero-order chi connectivity index (χ0) is 20.9. The Kier molecular flexibility index (Phi) is 11.6. The van der Waals surface area contributed by atoms with Gasteiger partial charge in [-0.15, -0.1) is 6.58 Å². The number of ether oxygens (including phenoxy) is 1. The third-order valence-corrected chi connectivity index (χ3v) is 6.26. The first kappa shape index (κ1) is 24.1. The fraction of sp³-hybridized carbons (Fsp3) is 0.625. The summed E-state index contributed by atoms with van der Waals surface area (Å²) in [5.41, 5.74) is 0.755. The molecule has 0 radical (unpaired) electrons. The second kappa shape index (κ2) is 13.9. The summed E-state index contributed by atoms with van der Waals surface area (Å²) in [6.45, 7) is 6.74. The monoisotopic (exact) mass is 464 g/mol. The SMILES string of the molecule is C=CCCNCCCCCCOC1CCC(N(C)C(=O)c2ccc(Br)cc2)CC1. The van der Waals surface area contributed by atoms with Gasteiger partial charge in [-0.3, -0.25) is 4.79 Å². The highest BCUT2D eigenvalue weighted by Crippen LogP contribution is 2.26. The van der Waals surface area contributed by atoms with Crippen LogP contribution in [0.15, 0.2) is 41.4 Å². The van der Waals surface area contributed by atoms with Crippen molar-refractivity contribution in [1.82, 2.24) is 10.2 Å². The lowest BCUT2D eigenvalue weighted by Gasteiger charge is -2.34. The van der Waals surface area contributed by atoms with Gasteiger partial charge in [0.25, 0.3) is 5.91 Å². The number of hydrogen-bond donors (Lipinski definition) is 1. The second-order valence-electron chi connectivity index (χ2n) is 7.97. The Bertz CT molecular complexity index is 597. The van der Waals surface area contributed by atoms with Crippen LogP contribution >= 0.6 is 15.9 Å². The molecule has 0 saturated heterocycles. The number of rotatable bonds is 13. The fourth-order valence-corrected chi connectivity index (χ4v) is 4.11. The van der Waals surface area contributed by atoms with E-state index in [1.807, 2.05) is 42.3 Å². The molecule has 1 N–H and O–H groups in total. The van der Waals surface area contributed by atoms with Gasteiger partial charge >= 0.3 is 0 Å². The number of halogens is 1. The number of carbonyl (C=O) groups excluding carboxylic acids is 1. The van der Waals surface area contributed by atoms with E-state index in [1.54, 1.807) is 0 Å². The standard InChI is InChI=1S/C24H37BrN2O2/c1-3-4-17-26-18-7-5-6-8-19-29-23-15-13-22(14-16-23)27(2)24(28)20-9-11-21(25)12-10-20/h3,9-12,22-23,26H,1,4-8,13-19H2,2H3. The molecule has 0 unspecified atom stereocenters. The zero-order valence-electron chi connectivity index (χ0n) is 17.9. The Morgan fingerprint density at radius 1 is 1.14 bits per heavy atom. The van der Waals surface area contributed by atoms with Crippen molar-refractivity contribution in [3.8, 4) is 0 Å². The summed E-state index contributed by atoms with van der Waals surface area (Å²) in [5, 5.41) is 3.43. The van der Waals surface area contributed by atoms with Crippen molar-refractivity contribution in [1.29, 1.82) is 0 Å². The third kappa shape index (κ3) is 9.02. The van der Waals surface area contributed by atoms with E-state index in [0.29, 0.717) is 12.1 Å². The van der Waals surface area contributed by atoms with E-state index in [4.69, 9.17) is 4.74 Å². The number of amides is 1. The van der Waals surface area contributed by atoms with Gasteiger partial charge in [-0.1, -0.05) is 34.8 Å². The highest BCUT2D eigenvalue weighted by Gasteiger charge is 2.27. The Morgan fingerprint density at radius 2 is 1.83 bits per heavy atom. The normalized spacial score (nSPS) is 19.1. The van der Waals surface area contributed by atoms with E-state index in [-0.39, 0.29) is 5.91 Å². The molecule has 0 aliphatic heterocycles. The maximum Gasteiger partial charge on any atom is 0.253 e. The Labute approximate surface area is 185 Å². The average molecular weight is 465 g/mol. The minimum atomic E-state index is 0.112. The van der Waals surface area contributed by atoms with Gasteiger partial charge in [0.05, 0.1) is 6.10 Å². The molecule has 1 aliphatic rings. The topological polar surface area (TPSA) is 41.6 Å². The van der Waals surface area contributed by atoms with Gasteiger partial charge in [0.2, 0.25) is 0 Å². The molecule has 1 saturated carbocycles. The smallest absolute Gasteiger partial charge is 0.253 e. The summed E-state index contributed by atoms with van der Waals surface area (Å²) in [6, 6.07) is 7.93. The van der Waals surface area contributed by atoms with Gasteiger partial charge in [-0.05, 0) is 82.3 Å². The van der Waals surface area contributed by atoms with Crippen molar-refractivity contribution in [2.75, 3.05) is 26.7 Å². The van der Waals surface area contributed by atoms with Crippen LogP contribution in [0.2, 0.25) is 0 Å². The molecule has 4 nitrogen and oxygen atoms in total. The first-order valence-electron chi connectivity index (χ1n) is 11.1. The molecule has 0 atom stereocenters. The number of unbranched alkanes of at least 4 members (excludes halogenated alkanes) is 3. The molecular weight excluding hydrogens is 428 g/mol. The number of carbonyl (C=O) groups is 1. The predicted octanol–water partition coefficient (Wildman–Crippen LogP) is 5.58. The van der Waals surface area contributed by atoms with E-state index >= 15 is 0 Å². The summed E-state index contributed by atoms with van der Waals surface area (Å²) in [6.07, 6.45) is 12.4. The first-order chi connectivity index (χ1) is 14.1. The highest BCUT2D eigenvalue weighted by atomic mass is 79.9. The molecule has 162 valence electrons. The first-order valence-corrected chi connectivity index (χ1v) is 11.9. The Balaban J connectivity index is 1.54. The van der Waals surface area contributed by atoms with Gasteiger partial charge in [0.15, 0.2) is 0 Å². The van der Waals surface area contributed by atoms with Crippen molar-refractivity contribution in [3.63, 3.8) is 0 Å². The van der Waals surface area contributed by atoms with Gasteiger partial charge in [-0.2, -0.15) is 0 Å². The van der Waals surface area contributed by atoms with Crippen LogP contribution in [-0.4, -0.2) is 49.7 Å². The number of hydrogen-bond acceptors (Lipinski definition) is 3. The number of benzene rings is 1. The van der Waals surface area contributed by atoms with Crippen molar-refractivity contribution in [2.24, 2.45) is 0 Å². The fourth-order valence-electron chi connectivity index (χ4n) is 3.85. The molecule has 1 aliphatic carbocycles. The molecule has 1 fully saturated rings. The second-order valence-corrected chi connectivity index (χ2v) is 8.88. The van der Waals surface area contributed by atoms with Crippen molar-refractivity contribution in [3.05, 3.63) is 47.0 Å². The largest absolute Gasteiger partial charge is 0.378 e. The molecular formula is C24H37BrN2O2. The summed E-state index contributed by atoms with van der Waals surface area (Å²) in [5.74, 6) is 0.112. The van der Waals surface area contributed by atoms with Crippen LogP contribution in [0.25, 0.3) is 0 Å². The predicted molar refractivity (Wildman–Crippen MR) is 124 cm³/mol. The van der Waals surface area contributed by atoms with Crippen molar-refractivity contribution >= 4 is 21.8 Å². The molecule has 2 rings (SSSR count). The molecule has 0 aromatic heterocycles. The molecule has 1 aromatic rings. The lowest BCUT2D eigenvalue weighted by molar-refractivity contribution is 0.00911. The minimum absolute atomic E-state index is 0.112. The van der Waals surface area contributed by atoms with Crippen LogP contribution < -0.4 is 5.32 Å². The molecule has 1 amide bonds. The molecule has 0 bridgehead atoms. The molecule has 29 heavy (non-hydrogen) atoms. The third-order valence-electron chi connectivity index (χ3n) is 5.73. The number of nitrogens with one attached hydrogen (secondary N) is 1. The van der Waals surface area contributed by atoms with Crippen LogP contribution in [0, 0.1) is 0 Å². The summed E-state index contributed by atoms with van der Waals surface area (Å²) >= 11 is 3.42. The van der Waals surface area contributed by atoms with E-state index in [9.17, 15) is 4.79 Å². The average Bonchev–Trinajstić information content (AvgIpc) is 2.75. The quantitative estimate of drug-likeness (QED) is 0.306. The Morgan fingerprint density at radius 3 is 2.52 bits per heavy atom.